The Bertz CT molecular complexity index is 427. The van der Waals surface area contributed by atoms with Crippen molar-refractivity contribution >= 4 is 26.3 Å². The summed E-state index contributed by atoms with van der Waals surface area (Å²) in [6, 6.07) is 0. The summed E-state index contributed by atoms with van der Waals surface area (Å²) in [6.07, 6.45) is 11.3. The number of carbonyl (C=O) groups is 1. The van der Waals surface area contributed by atoms with E-state index in [4.69, 9.17) is 4.74 Å². The second-order valence-corrected chi connectivity index (χ2v) is 13.7. The first-order chi connectivity index (χ1) is 10.2. The van der Waals surface area contributed by atoms with Gasteiger partial charge in [0, 0.05) is 0 Å². The van der Waals surface area contributed by atoms with Crippen LogP contribution in [0, 0.1) is 5.92 Å². The Morgan fingerprint density at radius 3 is 2.33 bits per heavy atom. The van der Waals surface area contributed by atoms with Crippen molar-refractivity contribution in [1.29, 1.82) is 0 Å². The van der Waals surface area contributed by atoms with Crippen LogP contribution >= 0.6 is 20.4 Å². The number of carbonyl (C=O) groups excluding carboxylic acids is 1. The van der Waals surface area contributed by atoms with E-state index >= 15 is 0 Å². The summed E-state index contributed by atoms with van der Waals surface area (Å²) < 4.78 is 13.7. The normalized spacial score (nSPS) is 32.5. The third-order valence-corrected chi connectivity index (χ3v) is 14.0. The van der Waals surface area contributed by atoms with E-state index in [9.17, 15) is 4.79 Å². The van der Waals surface area contributed by atoms with E-state index in [0.29, 0.717) is 5.92 Å². The molecule has 0 amide bonds. The molecule has 2 heterocycles. The van der Waals surface area contributed by atoms with Gasteiger partial charge in [-0.05, 0) is 0 Å². The first kappa shape index (κ1) is 15.4. The van der Waals surface area contributed by atoms with Crippen LogP contribution in [-0.2, 0) is 9.53 Å². The van der Waals surface area contributed by atoms with Crippen LogP contribution in [0.25, 0.3) is 0 Å². The van der Waals surface area contributed by atoms with Crippen LogP contribution in [0.1, 0.15) is 57.8 Å². The summed E-state index contributed by atoms with van der Waals surface area (Å²) in [4.78, 5) is 15.1. The molecule has 2 aliphatic carbocycles. The van der Waals surface area contributed by atoms with Crippen LogP contribution in [0.4, 0.5) is 0 Å². The number of nitrogens with one attached hydrogen (secondary N) is 2. The van der Waals surface area contributed by atoms with Crippen LogP contribution in [0.15, 0.2) is 0 Å². The molecule has 2 saturated carbocycles. The average Bonchev–Trinajstić information content (AvgIpc) is 3.24. The maximum atomic E-state index is 12.9. The number of esters is 1. The fourth-order valence-electron chi connectivity index (χ4n) is 4.28. The fraction of sp³-hybridized carbons (Fsp3) is 0.933. The number of halogens is 2. The average molecular weight is 519 g/mol. The van der Waals surface area contributed by atoms with Gasteiger partial charge in [-0.3, -0.25) is 0 Å². The van der Waals surface area contributed by atoms with Crippen LogP contribution in [-0.4, -0.2) is 24.1 Å². The second-order valence-electron chi connectivity index (χ2n) is 6.79. The fourth-order valence-corrected chi connectivity index (χ4v) is 14.6. The molecular formula is C15H25I2N2O2-. The zero-order chi connectivity index (χ0) is 14.5. The van der Waals surface area contributed by atoms with Gasteiger partial charge in [-0.25, -0.2) is 0 Å². The molecule has 21 heavy (non-hydrogen) atoms. The van der Waals surface area contributed by atoms with Crippen molar-refractivity contribution in [3.8, 4) is 0 Å². The molecule has 1 atom stereocenters. The Hall–Kier alpha value is 0.850. The number of alkyl halides is 3. The van der Waals surface area contributed by atoms with Gasteiger partial charge < -0.3 is 0 Å². The number of rotatable bonds is 5. The molecule has 0 aromatic rings. The van der Waals surface area contributed by atoms with Crippen molar-refractivity contribution in [2.45, 2.75) is 71.0 Å². The summed E-state index contributed by atoms with van der Waals surface area (Å²) >= 11 is -1.14. The van der Waals surface area contributed by atoms with Gasteiger partial charge in [0.2, 0.25) is 0 Å². The van der Waals surface area contributed by atoms with Crippen molar-refractivity contribution in [1.82, 2.24) is 7.06 Å². The summed E-state index contributed by atoms with van der Waals surface area (Å²) in [5, 5.41) is 0. The number of fused-ring (bicyclic) bond motifs is 1. The van der Waals surface area contributed by atoms with Crippen LogP contribution in [0.3, 0.4) is 0 Å². The van der Waals surface area contributed by atoms with Crippen molar-refractivity contribution in [3.63, 3.8) is 0 Å². The zero-order valence-corrected chi connectivity index (χ0v) is 16.9. The zero-order valence-electron chi connectivity index (χ0n) is 12.6. The molecule has 0 aromatic carbocycles. The molecule has 1 unspecified atom stereocenters. The SMILES string of the molecule is C[I-]C(C(=O)OC1(C2CCCC2)CCCCC1)C12NI1N2. The Kier molecular flexibility index (Phi) is 4.20. The molecule has 4 nitrogen and oxygen atoms in total. The molecule has 2 saturated heterocycles. The van der Waals surface area contributed by atoms with E-state index in [2.05, 4.69) is 12.0 Å². The number of hydrogen-bond donors (Lipinski definition) is 2. The first-order valence-electron chi connectivity index (χ1n) is 8.17. The Balaban J connectivity index is 1.49. The van der Waals surface area contributed by atoms with Crippen molar-refractivity contribution < 1.29 is 30.7 Å². The molecule has 0 spiro atoms. The van der Waals surface area contributed by atoms with Crippen molar-refractivity contribution in [2.75, 3.05) is 4.93 Å². The minimum absolute atomic E-state index is 0.0948. The third-order valence-electron chi connectivity index (χ3n) is 5.57. The first-order valence-corrected chi connectivity index (χ1v) is 14.8. The van der Waals surface area contributed by atoms with Crippen LogP contribution in [0.2, 0.25) is 0 Å². The van der Waals surface area contributed by atoms with E-state index in [0.717, 1.165) is 12.8 Å². The molecule has 0 bridgehead atoms. The van der Waals surface area contributed by atoms with E-state index in [-0.39, 0.29) is 40.4 Å². The molecule has 4 aliphatic rings. The van der Waals surface area contributed by atoms with E-state index in [1.165, 1.54) is 44.9 Å². The minimum atomic E-state index is -1.03. The van der Waals surface area contributed by atoms with Crippen LogP contribution < -0.4 is 28.3 Å². The second kappa shape index (κ2) is 5.73. The van der Waals surface area contributed by atoms with Gasteiger partial charge in [0.1, 0.15) is 0 Å². The third kappa shape index (κ3) is 2.65. The van der Waals surface area contributed by atoms with Gasteiger partial charge in [-0.1, -0.05) is 0 Å². The maximum absolute atomic E-state index is 12.9. The predicted octanol–water partition coefficient (Wildman–Crippen LogP) is -0.293. The van der Waals surface area contributed by atoms with Gasteiger partial charge in [-0.15, -0.1) is 0 Å². The summed E-state index contributed by atoms with van der Waals surface area (Å²) in [5.41, 5.74) is -0.0948. The number of ether oxygens (including phenoxy) is 1. The topological polar surface area (TPSA) is 70.2 Å². The van der Waals surface area contributed by atoms with Gasteiger partial charge in [0.25, 0.3) is 0 Å². The quantitative estimate of drug-likeness (QED) is 0.131. The predicted molar refractivity (Wildman–Crippen MR) is 86.6 cm³/mol. The summed E-state index contributed by atoms with van der Waals surface area (Å²) in [7, 11) is 0. The standard InChI is InChI=1S/C15H25I2N2O2/c1-16-12(15-17(18-15)19-15)13(20)21-14(9-5-2-6-10-14)11-7-3-4-8-11/h11-12,18-19H,2-10H2,1H3/q-1. The summed E-state index contributed by atoms with van der Waals surface area (Å²) in [5.74, 6) is 0.778. The van der Waals surface area contributed by atoms with E-state index in [1.807, 2.05) is 0 Å². The van der Waals surface area contributed by atoms with E-state index in [1.54, 1.807) is 0 Å². The Labute approximate surface area is 145 Å². The molecule has 2 aliphatic heterocycles. The molecule has 4 fully saturated rings. The number of hydrogen-bond acceptors (Lipinski definition) is 4. The molecule has 122 valence electrons. The van der Waals surface area contributed by atoms with Crippen molar-refractivity contribution in [2.24, 2.45) is 5.92 Å². The van der Waals surface area contributed by atoms with Gasteiger partial charge in [-0.2, -0.15) is 0 Å². The molecule has 0 aromatic heterocycles. The Morgan fingerprint density at radius 1 is 1.19 bits per heavy atom. The summed E-state index contributed by atoms with van der Waals surface area (Å²) in [6.45, 7) is 0. The van der Waals surface area contributed by atoms with Gasteiger partial charge >= 0.3 is 146 Å². The molecule has 6 heteroatoms. The Morgan fingerprint density at radius 2 is 1.81 bits per heavy atom. The van der Waals surface area contributed by atoms with E-state index < -0.39 is 20.4 Å². The van der Waals surface area contributed by atoms with Crippen molar-refractivity contribution in [3.05, 3.63) is 0 Å². The molecular weight excluding hydrogens is 494 g/mol. The molecule has 4 rings (SSSR count). The monoisotopic (exact) mass is 519 g/mol. The van der Waals surface area contributed by atoms with Gasteiger partial charge in [0.05, 0.1) is 0 Å². The van der Waals surface area contributed by atoms with Gasteiger partial charge in [0.15, 0.2) is 0 Å². The molecule has 2 N–H and O–H groups in total. The molecule has 0 radical (unpaired) electrons. The van der Waals surface area contributed by atoms with Crippen LogP contribution in [0.5, 0.6) is 0 Å².